The van der Waals surface area contributed by atoms with E-state index < -0.39 is 19.7 Å². The molecule has 0 heterocycles. The van der Waals surface area contributed by atoms with Crippen molar-refractivity contribution in [3.8, 4) is 0 Å². The molecule has 0 amide bonds. The Hall–Kier alpha value is -2.14. The molecule has 0 saturated heterocycles. The summed E-state index contributed by atoms with van der Waals surface area (Å²) in [5, 5.41) is 9.13. The van der Waals surface area contributed by atoms with Gasteiger partial charge in [-0.1, -0.05) is 49.4 Å². The molecule has 0 aliphatic heterocycles. The van der Waals surface area contributed by atoms with E-state index in [1.807, 2.05) is 61.5 Å². The van der Waals surface area contributed by atoms with Crippen LogP contribution in [0, 0.1) is 5.92 Å². The van der Waals surface area contributed by atoms with Gasteiger partial charge in [-0.2, -0.15) is 0 Å². The molecule has 2 N–H and O–H groups in total. The second-order valence-electron chi connectivity index (χ2n) is 6.95. The fraction of sp³-hybridized carbons (Fsp3) is 0.409. The number of hydrogen-bond acceptors (Lipinski definition) is 5. The number of aliphatic carboxylic acids is 1. The highest BCUT2D eigenvalue weighted by atomic mass is 31.1. The van der Waals surface area contributed by atoms with E-state index in [1.165, 1.54) is 0 Å². The first-order chi connectivity index (χ1) is 14.0. The molecule has 0 saturated carbocycles. The summed E-state index contributed by atoms with van der Waals surface area (Å²) in [5.41, 5.74) is 5.79. The highest BCUT2D eigenvalue weighted by Gasteiger charge is 2.19. The van der Waals surface area contributed by atoms with Gasteiger partial charge in [-0.3, -0.25) is 15.1 Å². The Bertz CT molecular complexity index is 784. The zero-order chi connectivity index (χ0) is 21.1. The molecule has 7 heteroatoms. The van der Waals surface area contributed by atoms with E-state index in [-0.39, 0.29) is 12.3 Å². The van der Waals surface area contributed by atoms with Gasteiger partial charge in [0.1, 0.15) is 0 Å². The van der Waals surface area contributed by atoms with Crippen LogP contribution >= 0.6 is 7.80 Å². The average Bonchev–Trinajstić information content (AvgIpc) is 2.73. The highest BCUT2D eigenvalue weighted by molar-refractivity contribution is 7.44. The van der Waals surface area contributed by atoms with Crippen molar-refractivity contribution in [3.05, 3.63) is 65.7 Å². The first kappa shape index (κ1) is 23.1. The minimum Gasteiger partial charge on any atom is -0.481 e. The molecule has 0 aliphatic rings. The molecule has 0 spiro atoms. The van der Waals surface area contributed by atoms with Crippen molar-refractivity contribution in [2.75, 3.05) is 24.9 Å². The van der Waals surface area contributed by atoms with Crippen LogP contribution in [0.3, 0.4) is 0 Å². The lowest BCUT2D eigenvalue weighted by atomic mass is 10.1. The van der Waals surface area contributed by atoms with E-state index in [2.05, 4.69) is 5.48 Å². The molecule has 0 radical (unpaired) electrons. The maximum Gasteiger partial charge on any atom is 0.306 e. The summed E-state index contributed by atoms with van der Waals surface area (Å²) < 4.78 is 17.9. The van der Waals surface area contributed by atoms with Gasteiger partial charge >= 0.3 is 5.97 Å². The van der Waals surface area contributed by atoms with Crippen LogP contribution in [0.15, 0.2) is 54.6 Å². The summed E-state index contributed by atoms with van der Waals surface area (Å²) in [6, 6.07) is 17.6. The highest BCUT2D eigenvalue weighted by Crippen LogP contribution is 2.32. The van der Waals surface area contributed by atoms with Crippen molar-refractivity contribution < 1.29 is 24.0 Å². The van der Waals surface area contributed by atoms with Crippen LogP contribution in [0.5, 0.6) is 0 Å². The van der Waals surface area contributed by atoms with Crippen LogP contribution in [0.2, 0.25) is 0 Å². The Balaban J connectivity index is 1.87. The molecule has 2 aromatic rings. The zero-order valence-electron chi connectivity index (χ0n) is 17.0. The summed E-state index contributed by atoms with van der Waals surface area (Å²) in [4.78, 5) is 16.7. The van der Waals surface area contributed by atoms with Crippen LogP contribution in [-0.4, -0.2) is 30.5 Å². The minimum atomic E-state index is -1.96. The van der Waals surface area contributed by atoms with Gasteiger partial charge in [0.25, 0.3) is 0 Å². The Morgan fingerprint density at radius 2 is 1.93 bits per heavy atom. The van der Waals surface area contributed by atoms with Crippen LogP contribution in [-0.2, 0) is 25.5 Å². The normalized spacial score (nSPS) is 14.1. The number of ether oxygens (including phenoxy) is 1. The van der Waals surface area contributed by atoms with Gasteiger partial charge in [-0.25, -0.2) is 0 Å². The number of hydrogen-bond donors (Lipinski definition) is 2. The van der Waals surface area contributed by atoms with Gasteiger partial charge in [0.05, 0.1) is 32.1 Å². The molecule has 0 bridgehead atoms. The lowest BCUT2D eigenvalue weighted by Gasteiger charge is -2.17. The largest absolute Gasteiger partial charge is 0.481 e. The number of rotatable bonds is 13. The van der Waals surface area contributed by atoms with Gasteiger partial charge < -0.3 is 14.4 Å². The number of nitrogens with one attached hydrogen (secondary N) is 1. The second-order valence-corrected chi connectivity index (χ2v) is 8.94. The van der Waals surface area contributed by atoms with Gasteiger partial charge in [-0.15, -0.1) is 0 Å². The summed E-state index contributed by atoms with van der Waals surface area (Å²) >= 11 is 0. The first-order valence-electron chi connectivity index (χ1n) is 9.82. The summed E-state index contributed by atoms with van der Waals surface area (Å²) in [7, 11) is -0.337. The molecule has 0 aliphatic carbocycles. The van der Waals surface area contributed by atoms with Gasteiger partial charge in [-0.05, 0) is 36.1 Å². The molecule has 2 rings (SSSR count). The van der Waals surface area contributed by atoms with Crippen LogP contribution in [0.1, 0.15) is 37.0 Å². The van der Waals surface area contributed by atoms with E-state index >= 15 is 0 Å². The lowest BCUT2D eigenvalue weighted by Crippen LogP contribution is -2.15. The second kappa shape index (κ2) is 12.4. The van der Waals surface area contributed by atoms with Gasteiger partial charge in [0, 0.05) is 19.4 Å². The standard InChI is InChI=1S/C22H30NO5P/c1-3-18(22(24)25)16-29(26)13-12-21(27-2)19-10-7-11-20(14-19)23-28-15-17-8-5-4-6-9-17/h4-11,14,18,21,23,29H,3,12-13,15-16H2,1-2H3,(H,24,25). The third-order valence-electron chi connectivity index (χ3n) is 4.82. The maximum atomic E-state index is 12.3. The average molecular weight is 419 g/mol. The molecule has 6 nitrogen and oxygen atoms in total. The third kappa shape index (κ3) is 8.01. The topological polar surface area (TPSA) is 84.9 Å². The maximum absolute atomic E-state index is 12.3. The number of carboxylic acid groups (broad SMARTS) is 1. The zero-order valence-corrected chi connectivity index (χ0v) is 18.0. The van der Waals surface area contributed by atoms with E-state index in [0.29, 0.717) is 25.6 Å². The Kier molecular flexibility index (Phi) is 9.92. The van der Waals surface area contributed by atoms with Crippen molar-refractivity contribution in [1.29, 1.82) is 0 Å². The van der Waals surface area contributed by atoms with Crippen molar-refractivity contribution in [3.63, 3.8) is 0 Å². The monoisotopic (exact) mass is 419 g/mol. The van der Waals surface area contributed by atoms with Crippen LogP contribution < -0.4 is 5.48 Å². The number of carbonyl (C=O) groups is 1. The van der Waals surface area contributed by atoms with Crippen molar-refractivity contribution in [1.82, 2.24) is 0 Å². The molecule has 158 valence electrons. The van der Waals surface area contributed by atoms with Crippen molar-refractivity contribution in [2.45, 2.75) is 32.5 Å². The molecule has 3 atom stereocenters. The third-order valence-corrected chi connectivity index (χ3v) is 6.61. The molecule has 0 fully saturated rings. The van der Waals surface area contributed by atoms with Gasteiger partial charge in [0.15, 0.2) is 0 Å². The Labute approximate surface area is 173 Å². The van der Waals surface area contributed by atoms with E-state index in [1.54, 1.807) is 7.11 Å². The molecule has 0 aromatic heterocycles. The Morgan fingerprint density at radius 1 is 1.17 bits per heavy atom. The fourth-order valence-electron chi connectivity index (χ4n) is 3.08. The molecule has 29 heavy (non-hydrogen) atoms. The van der Waals surface area contributed by atoms with Crippen LogP contribution in [0.25, 0.3) is 0 Å². The predicted octanol–water partition coefficient (Wildman–Crippen LogP) is 4.98. The predicted molar refractivity (Wildman–Crippen MR) is 116 cm³/mol. The number of methoxy groups -OCH3 is 1. The number of benzene rings is 2. The Morgan fingerprint density at radius 3 is 2.59 bits per heavy atom. The summed E-state index contributed by atoms with van der Waals surface area (Å²) in [5.74, 6) is -1.40. The first-order valence-corrected chi connectivity index (χ1v) is 11.6. The van der Waals surface area contributed by atoms with Crippen molar-refractivity contribution >= 4 is 19.5 Å². The number of carboxylic acids is 1. The van der Waals surface area contributed by atoms with E-state index in [9.17, 15) is 9.36 Å². The van der Waals surface area contributed by atoms with Gasteiger partial charge in [0.2, 0.25) is 0 Å². The fourth-order valence-corrected chi connectivity index (χ4v) is 4.88. The quantitative estimate of drug-likeness (QED) is 0.352. The molecule has 3 unspecified atom stereocenters. The van der Waals surface area contributed by atoms with Crippen LogP contribution in [0.4, 0.5) is 5.69 Å². The van der Waals surface area contributed by atoms with E-state index in [0.717, 1.165) is 16.8 Å². The minimum absolute atomic E-state index is 0.204. The smallest absolute Gasteiger partial charge is 0.306 e. The molecular weight excluding hydrogens is 389 g/mol. The SMILES string of the molecule is CCC(C[PH](=O)CCC(OC)c1cccc(NOCc2ccccc2)c1)C(=O)O. The molecular formula is C22H30NO5P. The van der Waals surface area contributed by atoms with Crippen molar-refractivity contribution in [2.24, 2.45) is 5.92 Å². The van der Waals surface area contributed by atoms with E-state index in [4.69, 9.17) is 14.7 Å². The summed E-state index contributed by atoms with van der Waals surface area (Å²) in [6.45, 7) is 2.26. The molecule has 2 aromatic carbocycles. The summed E-state index contributed by atoms with van der Waals surface area (Å²) in [6.07, 6.45) is 1.59. The lowest BCUT2D eigenvalue weighted by molar-refractivity contribution is -0.141. The number of anilines is 1.